The molecule has 5 heteroatoms. The number of hydrogen-bond donors (Lipinski definition) is 0. The van der Waals surface area contributed by atoms with Crippen LogP contribution in [0, 0.1) is 6.92 Å². The van der Waals surface area contributed by atoms with Crippen LogP contribution in [0.4, 0.5) is 0 Å². The van der Waals surface area contributed by atoms with Gasteiger partial charge in [0.15, 0.2) is 5.69 Å². The van der Waals surface area contributed by atoms with E-state index in [2.05, 4.69) is 5.10 Å². The number of aryl methyl sites for hydroxylation is 1. The van der Waals surface area contributed by atoms with Gasteiger partial charge in [0, 0.05) is 12.3 Å². The first kappa shape index (κ1) is 12.1. The van der Waals surface area contributed by atoms with Gasteiger partial charge in [-0.15, -0.1) is 0 Å². The Morgan fingerprint density at radius 1 is 1.71 bits per heavy atom. The molecule has 94 valence electrons. The first-order chi connectivity index (χ1) is 8.20. The third-order valence-electron chi connectivity index (χ3n) is 2.87. The molecule has 1 aliphatic heterocycles. The molecule has 1 atom stereocenters. The lowest BCUT2D eigenvalue weighted by atomic mass is 10.2. The number of hydrogen-bond acceptors (Lipinski definition) is 4. The van der Waals surface area contributed by atoms with Crippen molar-refractivity contribution in [3.63, 3.8) is 0 Å². The molecule has 1 aliphatic rings. The summed E-state index contributed by atoms with van der Waals surface area (Å²) in [4.78, 5) is 11.5. The van der Waals surface area contributed by atoms with Crippen LogP contribution in [0.5, 0.6) is 0 Å². The van der Waals surface area contributed by atoms with Crippen molar-refractivity contribution in [2.75, 3.05) is 13.2 Å². The Hall–Kier alpha value is -1.36. The van der Waals surface area contributed by atoms with Crippen LogP contribution in [0.2, 0.25) is 0 Å². The molecular formula is C12H18N2O3. The van der Waals surface area contributed by atoms with E-state index < -0.39 is 0 Å². The second-order valence-electron chi connectivity index (χ2n) is 4.21. The second-order valence-corrected chi connectivity index (χ2v) is 4.21. The molecule has 1 saturated heterocycles. The first-order valence-electron chi connectivity index (χ1n) is 6.04. The third kappa shape index (κ3) is 2.85. The van der Waals surface area contributed by atoms with E-state index >= 15 is 0 Å². The third-order valence-corrected chi connectivity index (χ3v) is 2.87. The summed E-state index contributed by atoms with van der Waals surface area (Å²) < 4.78 is 12.3. The van der Waals surface area contributed by atoms with Crippen molar-refractivity contribution in [2.24, 2.45) is 0 Å². The van der Waals surface area contributed by atoms with E-state index in [9.17, 15) is 4.79 Å². The van der Waals surface area contributed by atoms with E-state index in [1.54, 1.807) is 13.0 Å². The normalized spacial score (nSPS) is 19.5. The molecule has 0 aromatic carbocycles. The summed E-state index contributed by atoms with van der Waals surface area (Å²) in [5, 5.41) is 4.25. The molecule has 0 N–H and O–H groups in total. The number of aromatic nitrogens is 2. The minimum Gasteiger partial charge on any atom is -0.461 e. The fraction of sp³-hybridized carbons (Fsp3) is 0.667. The average Bonchev–Trinajstić information content (AvgIpc) is 2.91. The van der Waals surface area contributed by atoms with Gasteiger partial charge in [-0.1, -0.05) is 0 Å². The van der Waals surface area contributed by atoms with Gasteiger partial charge in [-0.05, 0) is 32.8 Å². The Balaban J connectivity index is 2.04. The van der Waals surface area contributed by atoms with Crippen LogP contribution >= 0.6 is 0 Å². The van der Waals surface area contributed by atoms with Crippen LogP contribution in [0.3, 0.4) is 0 Å². The molecule has 1 aromatic heterocycles. The summed E-state index contributed by atoms with van der Waals surface area (Å²) in [6.07, 6.45) is 2.40. The number of rotatable bonds is 4. The first-order valence-corrected chi connectivity index (χ1v) is 6.04. The van der Waals surface area contributed by atoms with E-state index in [0.29, 0.717) is 18.8 Å². The summed E-state index contributed by atoms with van der Waals surface area (Å²) in [5.74, 6) is -0.360. The quantitative estimate of drug-likeness (QED) is 0.747. The number of esters is 1. The molecule has 5 nitrogen and oxygen atoms in total. The van der Waals surface area contributed by atoms with E-state index in [-0.39, 0.29) is 12.1 Å². The van der Waals surface area contributed by atoms with Crippen LogP contribution < -0.4 is 0 Å². The minimum atomic E-state index is -0.360. The highest BCUT2D eigenvalue weighted by Gasteiger charge is 2.19. The van der Waals surface area contributed by atoms with E-state index in [4.69, 9.17) is 9.47 Å². The van der Waals surface area contributed by atoms with Crippen molar-refractivity contribution in [3.05, 3.63) is 17.5 Å². The van der Waals surface area contributed by atoms with Gasteiger partial charge < -0.3 is 9.47 Å². The number of nitrogens with zero attached hydrogens (tertiary/aromatic N) is 2. The zero-order chi connectivity index (χ0) is 12.3. The van der Waals surface area contributed by atoms with Gasteiger partial charge >= 0.3 is 5.97 Å². The fourth-order valence-corrected chi connectivity index (χ4v) is 1.98. The highest BCUT2D eigenvalue weighted by molar-refractivity contribution is 5.87. The van der Waals surface area contributed by atoms with E-state index in [1.165, 1.54) is 0 Å². The Bertz CT molecular complexity index is 394. The van der Waals surface area contributed by atoms with Crippen LogP contribution in [0.15, 0.2) is 6.07 Å². The number of ether oxygens (including phenoxy) is 2. The maximum atomic E-state index is 11.5. The molecule has 2 rings (SSSR count). The van der Waals surface area contributed by atoms with Crippen molar-refractivity contribution in [1.82, 2.24) is 9.78 Å². The molecule has 0 bridgehead atoms. The molecule has 0 saturated carbocycles. The van der Waals surface area contributed by atoms with Crippen LogP contribution in [0.1, 0.15) is 35.9 Å². The molecule has 2 heterocycles. The highest BCUT2D eigenvalue weighted by Crippen LogP contribution is 2.15. The Morgan fingerprint density at radius 3 is 3.18 bits per heavy atom. The number of carbonyl (C=O) groups excluding carboxylic acids is 1. The van der Waals surface area contributed by atoms with Gasteiger partial charge in [-0.25, -0.2) is 4.79 Å². The Kier molecular flexibility index (Phi) is 3.78. The Labute approximate surface area is 101 Å². The van der Waals surface area contributed by atoms with Crippen molar-refractivity contribution in [3.8, 4) is 0 Å². The smallest absolute Gasteiger partial charge is 0.358 e. The van der Waals surface area contributed by atoms with Gasteiger partial charge in [0.1, 0.15) is 0 Å². The molecule has 0 radical (unpaired) electrons. The van der Waals surface area contributed by atoms with Gasteiger partial charge in [-0.2, -0.15) is 5.10 Å². The highest BCUT2D eigenvalue weighted by atomic mass is 16.5. The molecule has 17 heavy (non-hydrogen) atoms. The zero-order valence-electron chi connectivity index (χ0n) is 10.3. The monoisotopic (exact) mass is 238 g/mol. The molecule has 0 amide bonds. The van der Waals surface area contributed by atoms with Crippen molar-refractivity contribution in [2.45, 2.75) is 39.3 Å². The lowest BCUT2D eigenvalue weighted by Gasteiger charge is -2.10. The molecule has 0 aliphatic carbocycles. The summed E-state index contributed by atoms with van der Waals surface area (Å²) in [5.41, 5.74) is 1.34. The van der Waals surface area contributed by atoms with Gasteiger partial charge in [0.25, 0.3) is 0 Å². The fourth-order valence-electron chi connectivity index (χ4n) is 1.98. The molecule has 0 spiro atoms. The van der Waals surface area contributed by atoms with Crippen LogP contribution in [-0.4, -0.2) is 35.1 Å². The maximum Gasteiger partial charge on any atom is 0.358 e. The second kappa shape index (κ2) is 5.31. The summed E-state index contributed by atoms with van der Waals surface area (Å²) in [6, 6.07) is 1.76. The topological polar surface area (TPSA) is 53.4 Å². The molecule has 1 fully saturated rings. The summed E-state index contributed by atoms with van der Waals surface area (Å²) in [6.45, 7) is 5.64. The number of carbonyl (C=O) groups is 1. The molecule has 1 unspecified atom stereocenters. The largest absolute Gasteiger partial charge is 0.461 e. The van der Waals surface area contributed by atoms with Crippen molar-refractivity contribution >= 4 is 5.97 Å². The zero-order valence-corrected chi connectivity index (χ0v) is 10.3. The lowest BCUT2D eigenvalue weighted by Crippen LogP contribution is -2.17. The van der Waals surface area contributed by atoms with Crippen LogP contribution in [-0.2, 0) is 16.0 Å². The van der Waals surface area contributed by atoms with Gasteiger partial charge in [0.05, 0.1) is 19.3 Å². The predicted octanol–water partition coefficient (Wildman–Crippen LogP) is 1.55. The maximum absolute atomic E-state index is 11.5. The van der Waals surface area contributed by atoms with E-state index in [1.807, 2.05) is 11.6 Å². The minimum absolute atomic E-state index is 0.226. The predicted molar refractivity (Wildman–Crippen MR) is 61.9 cm³/mol. The van der Waals surface area contributed by atoms with Crippen LogP contribution in [0.25, 0.3) is 0 Å². The standard InChI is InChI=1S/C12H18N2O3/c1-3-16-12(15)11-7-9(2)14(13-11)8-10-5-4-6-17-10/h7,10H,3-6,8H2,1-2H3. The summed E-state index contributed by atoms with van der Waals surface area (Å²) >= 11 is 0. The Morgan fingerprint density at radius 2 is 2.53 bits per heavy atom. The van der Waals surface area contributed by atoms with Crippen molar-refractivity contribution in [1.29, 1.82) is 0 Å². The van der Waals surface area contributed by atoms with Gasteiger partial charge in [-0.3, -0.25) is 4.68 Å². The van der Waals surface area contributed by atoms with E-state index in [0.717, 1.165) is 25.1 Å². The SMILES string of the molecule is CCOC(=O)c1cc(C)n(CC2CCCO2)n1. The summed E-state index contributed by atoms with van der Waals surface area (Å²) in [7, 11) is 0. The van der Waals surface area contributed by atoms with Crippen molar-refractivity contribution < 1.29 is 14.3 Å². The molecule has 1 aromatic rings. The lowest BCUT2D eigenvalue weighted by molar-refractivity contribution is 0.0516. The van der Waals surface area contributed by atoms with Gasteiger partial charge in [0.2, 0.25) is 0 Å². The molecular weight excluding hydrogens is 220 g/mol. The average molecular weight is 238 g/mol.